The van der Waals surface area contributed by atoms with Crippen LogP contribution in [0, 0.1) is 5.92 Å². The van der Waals surface area contributed by atoms with E-state index in [1.807, 2.05) is 6.07 Å². The standard InChI is InChI=1S/C13H16Br2ClNO/c1-8(2)6-9(14)7-17-13(18)10-4-3-5-11(15)12(10)16/h3-5,8-9H,6-7H2,1-2H3,(H,17,18). The summed E-state index contributed by atoms with van der Waals surface area (Å²) >= 11 is 12.9. The number of nitrogens with one attached hydrogen (secondary N) is 1. The minimum Gasteiger partial charge on any atom is -0.351 e. The lowest BCUT2D eigenvalue weighted by Gasteiger charge is -2.14. The van der Waals surface area contributed by atoms with Crippen molar-refractivity contribution < 1.29 is 4.79 Å². The van der Waals surface area contributed by atoms with E-state index < -0.39 is 0 Å². The smallest absolute Gasteiger partial charge is 0.252 e. The molecule has 1 amide bonds. The van der Waals surface area contributed by atoms with Gasteiger partial charge in [0, 0.05) is 15.8 Å². The number of benzene rings is 1. The second kappa shape index (κ2) is 7.51. The average Bonchev–Trinajstić information content (AvgIpc) is 2.29. The first-order valence-electron chi connectivity index (χ1n) is 5.78. The summed E-state index contributed by atoms with van der Waals surface area (Å²) in [7, 11) is 0. The van der Waals surface area contributed by atoms with Crippen LogP contribution in [0.15, 0.2) is 22.7 Å². The monoisotopic (exact) mass is 395 g/mol. The molecule has 0 fully saturated rings. The van der Waals surface area contributed by atoms with E-state index in [2.05, 4.69) is 51.0 Å². The van der Waals surface area contributed by atoms with Gasteiger partial charge in [0.1, 0.15) is 0 Å². The van der Waals surface area contributed by atoms with Crippen molar-refractivity contribution in [2.75, 3.05) is 6.54 Å². The maximum absolute atomic E-state index is 12.0. The topological polar surface area (TPSA) is 29.1 Å². The predicted octanol–water partition coefficient (Wildman–Crippen LogP) is 4.64. The minimum absolute atomic E-state index is 0.144. The number of carbonyl (C=O) groups is 1. The second-order valence-electron chi connectivity index (χ2n) is 4.54. The number of rotatable bonds is 5. The Labute approximate surface area is 130 Å². The largest absolute Gasteiger partial charge is 0.351 e. The van der Waals surface area contributed by atoms with Crippen molar-refractivity contribution in [1.29, 1.82) is 0 Å². The Balaban J connectivity index is 2.58. The van der Waals surface area contributed by atoms with E-state index in [0.717, 1.165) is 10.9 Å². The van der Waals surface area contributed by atoms with Gasteiger partial charge in [-0.3, -0.25) is 4.79 Å². The summed E-state index contributed by atoms with van der Waals surface area (Å²) in [6, 6.07) is 5.32. The Morgan fingerprint density at radius 2 is 2.11 bits per heavy atom. The van der Waals surface area contributed by atoms with Gasteiger partial charge in [0.25, 0.3) is 5.91 Å². The Morgan fingerprint density at radius 3 is 2.72 bits per heavy atom. The summed E-state index contributed by atoms with van der Waals surface area (Å²) in [5.41, 5.74) is 0.496. The average molecular weight is 398 g/mol. The van der Waals surface area contributed by atoms with E-state index in [9.17, 15) is 4.79 Å². The first-order valence-corrected chi connectivity index (χ1v) is 7.86. The molecule has 2 nitrogen and oxygen atoms in total. The normalized spacial score (nSPS) is 12.6. The highest BCUT2D eigenvalue weighted by atomic mass is 79.9. The Morgan fingerprint density at radius 1 is 1.44 bits per heavy atom. The summed E-state index contributed by atoms with van der Waals surface area (Å²) in [5.74, 6) is 0.454. The van der Waals surface area contributed by atoms with Crippen molar-refractivity contribution in [1.82, 2.24) is 5.32 Å². The third kappa shape index (κ3) is 4.90. The van der Waals surface area contributed by atoms with Gasteiger partial charge in [0.15, 0.2) is 0 Å². The van der Waals surface area contributed by atoms with Gasteiger partial charge < -0.3 is 5.32 Å². The number of amides is 1. The lowest BCUT2D eigenvalue weighted by molar-refractivity contribution is 0.0953. The predicted molar refractivity (Wildman–Crippen MR) is 83.7 cm³/mol. The molecule has 0 spiro atoms. The lowest BCUT2D eigenvalue weighted by atomic mass is 10.1. The molecule has 0 aliphatic rings. The fraction of sp³-hybridized carbons (Fsp3) is 0.462. The quantitative estimate of drug-likeness (QED) is 0.721. The Bertz CT molecular complexity index is 423. The molecule has 18 heavy (non-hydrogen) atoms. The SMILES string of the molecule is CC(C)CC(Br)CNC(=O)c1cccc(Br)c1Cl. The molecule has 0 saturated carbocycles. The highest BCUT2D eigenvalue weighted by molar-refractivity contribution is 9.10. The molecule has 1 unspecified atom stereocenters. The van der Waals surface area contributed by atoms with Gasteiger partial charge in [-0.25, -0.2) is 0 Å². The van der Waals surface area contributed by atoms with Crippen LogP contribution in [0.1, 0.15) is 30.6 Å². The van der Waals surface area contributed by atoms with Crippen molar-refractivity contribution in [3.63, 3.8) is 0 Å². The molecule has 0 heterocycles. The maximum Gasteiger partial charge on any atom is 0.252 e. The zero-order valence-corrected chi connectivity index (χ0v) is 14.3. The molecule has 1 atom stereocenters. The van der Waals surface area contributed by atoms with Crippen molar-refractivity contribution in [3.8, 4) is 0 Å². The molecular formula is C13H16Br2ClNO. The van der Waals surface area contributed by atoms with E-state index >= 15 is 0 Å². The van der Waals surface area contributed by atoms with Crippen LogP contribution in [0.2, 0.25) is 5.02 Å². The summed E-state index contributed by atoms with van der Waals surface area (Å²) in [6.07, 6.45) is 1.02. The first kappa shape index (κ1) is 16.0. The number of hydrogen-bond acceptors (Lipinski definition) is 1. The number of hydrogen-bond donors (Lipinski definition) is 1. The number of carbonyl (C=O) groups excluding carboxylic acids is 1. The van der Waals surface area contributed by atoms with E-state index in [4.69, 9.17) is 11.6 Å². The summed E-state index contributed by atoms with van der Waals surface area (Å²) in [6.45, 7) is 4.91. The molecular weight excluding hydrogens is 381 g/mol. The van der Waals surface area contributed by atoms with Crippen LogP contribution in [0.25, 0.3) is 0 Å². The molecule has 5 heteroatoms. The summed E-state index contributed by atoms with van der Waals surface area (Å²) in [4.78, 5) is 12.3. The molecule has 0 aliphatic heterocycles. The van der Waals surface area contributed by atoms with Crippen molar-refractivity contribution in [2.45, 2.75) is 25.1 Å². The molecule has 1 aromatic carbocycles. The van der Waals surface area contributed by atoms with Crippen LogP contribution in [0.4, 0.5) is 0 Å². The van der Waals surface area contributed by atoms with Gasteiger partial charge >= 0.3 is 0 Å². The van der Waals surface area contributed by atoms with Gasteiger partial charge in [-0.05, 0) is 40.4 Å². The van der Waals surface area contributed by atoms with Gasteiger partial charge in [0.05, 0.1) is 10.6 Å². The van der Waals surface area contributed by atoms with E-state index in [0.29, 0.717) is 23.0 Å². The van der Waals surface area contributed by atoms with Gasteiger partial charge in [-0.2, -0.15) is 0 Å². The Kier molecular flexibility index (Phi) is 6.67. The molecule has 1 rings (SSSR count). The van der Waals surface area contributed by atoms with Gasteiger partial charge in [-0.1, -0.05) is 47.4 Å². The van der Waals surface area contributed by atoms with Crippen LogP contribution < -0.4 is 5.32 Å². The van der Waals surface area contributed by atoms with Crippen LogP contribution in [-0.4, -0.2) is 17.3 Å². The zero-order valence-electron chi connectivity index (χ0n) is 10.3. The molecule has 0 radical (unpaired) electrons. The summed E-state index contributed by atoms with van der Waals surface area (Å²) < 4.78 is 0.731. The van der Waals surface area contributed by atoms with Gasteiger partial charge in [0.2, 0.25) is 0 Å². The van der Waals surface area contributed by atoms with Crippen molar-refractivity contribution in [3.05, 3.63) is 33.3 Å². The molecule has 0 bridgehead atoms. The molecule has 0 aliphatic carbocycles. The van der Waals surface area contributed by atoms with Crippen LogP contribution in [0.3, 0.4) is 0 Å². The first-order chi connectivity index (χ1) is 8.41. The highest BCUT2D eigenvalue weighted by Gasteiger charge is 2.14. The third-order valence-electron chi connectivity index (χ3n) is 2.41. The Hall–Kier alpha value is -0.0600. The molecule has 1 N–H and O–H groups in total. The van der Waals surface area contributed by atoms with Crippen LogP contribution >= 0.6 is 43.5 Å². The van der Waals surface area contributed by atoms with E-state index in [1.54, 1.807) is 12.1 Å². The van der Waals surface area contributed by atoms with E-state index in [1.165, 1.54) is 0 Å². The van der Waals surface area contributed by atoms with Crippen LogP contribution in [0.5, 0.6) is 0 Å². The minimum atomic E-state index is -0.144. The van der Waals surface area contributed by atoms with Crippen molar-refractivity contribution in [2.24, 2.45) is 5.92 Å². The third-order valence-corrected chi connectivity index (χ3v) is 4.40. The van der Waals surface area contributed by atoms with E-state index in [-0.39, 0.29) is 10.7 Å². The van der Waals surface area contributed by atoms with Crippen molar-refractivity contribution >= 4 is 49.4 Å². The molecule has 1 aromatic rings. The molecule has 100 valence electrons. The molecule has 0 aromatic heterocycles. The summed E-state index contributed by atoms with van der Waals surface area (Å²) in [5, 5.41) is 3.33. The number of alkyl halides is 1. The zero-order chi connectivity index (χ0) is 13.7. The van der Waals surface area contributed by atoms with Gasteiger partial charge in [-0.15, -0.1) is 0 Å². The maximum atomic E-state index is 12.0. The fourth-order valence-electron chi connectivity index (χ4n) is 1.57. The highest BCUT2D eigenvalue weighted by Crippen LogP contribution is 2.25. The van der Waals surface area contributed by atoms with Crippen LogP contribution in [-0.2, 0) is 0 Å². The number of halogens is 3. The molecule has 0 saturated heterocycles. The fourth-order valence-corrected chi connectivity index (χ4v) is 3.06. The lowest BCUT2D eigenvalue weighted by Crippen LogP contribution is -2.30. The second-order valence-corrected chi connectivity index (χ2v) is 7.07.